The van der Waals surface area contributed by atoms with Crippen molar-refractivity contribution in [2.75, 3.05) is 13.6 Å². The van der Waals surface area contributed by atoms with Crippen LogP contribution in [0.2, 0.25) is 0 Å². The summed E-state index contributed by atoms with van der Waals surface area (Å²) in [5.74, 6) is 0.315. The van der Waals surface area contributed by atoms with Gasteiger partial charge >= 0.3 is 0 Å². The van der Waals surface area contributed by atoms with Crippen molar-refractivity contribution in [2.45, 2.75) is 94.0 Å². The van der Waals surface area contributed by atoms with Crippen LogP contribution in [0.15, 0.2) is 0 Å². The van der Waals surface area contributed by atoms with Crippen LogP contribution in [0.3, 0.4) is 0 Å². The minimum Gasteiger partial charge on any atom is -0.298 e. The second-order valence-corrected chi connectivity index (χ2v) is 3.75. The van der Waals surface area contributed by atoms with Crippen molar-refractivity contribution < 1.29 is 4.79 Å². The molecule has 0 saturated carbocycles. The molecule has 1 unspecified atom stereocenters. The van der Waals surface area contributed by atoms with Crippen LogP contribution in [0.25, 0.3) is 0 Å². The summed E-state index contributed by atoms with van der Waals surface area (Å²) in [5.41, 5.74) is 0. The number of likely N-dealkylation sites (N-methyl/N-ethyl adjacent to an activating group) is 1. The molecule has 0 spiro atoms. The Morgan fingerprint density at radius 1 is 1.00 bits per heavy atom. The molecule has 0 aliphatic carbocycles. The number of rotatable bonds is 2. The van der Waals surface area contributed by atoms with Gasteiger partial charge in [-0.15, -0.1) is 0 Å². The highest BCUT2D eigenvalue weighted by atomic mass is 16.1. The number of carbonyl (C=O) groups is 1. The highest BCUT2D eigenvalue weighted by Gasteiger charge is 2.23. The van der Waals surface area contributed by atoms with Gasteiger partial charge in [0.05, 0.1) is 6.04 Å². The van der Waals surface area contributed by atoms with Gasteiger partial charge in [0, 0.05) is 0 Å². The Bertz CT molecular complexity index is 144. The summed E-state index contributed by atoms with van der Waals surface area (Å²) >= 11 is 0. The van der Waals surface area contributed by atoms with Gasteiger partial charge in [0.25, 0.3) is 0 Å². The lowest BCUT2D eigenvalue weighted by Gasteiger charge is -2.14. The number of hydrogen-bond acceptors (Lipinski definition) is 2. The molecule has 1 rings (SSSR count). The summed E-state index contributed by atoms with van der Waals surface area (Å²) in [4.78, 5) is 12.9. The zero-order valence-electron chi connectivity index (χ0n) is 15.5. The minimum absolute atomic E-state index is 0.227. The van der Waals surface area contributed by atoms with Crippen LogP contribution in [0.1, 0.15) is 88.0 Å². The van der Waals surface area contributed by atoms with Gasteiger partial charge in [-0.05, 0) is 33.4 Å². The SMILES string of the molecule is CC.CC.CC.CC(=O)C1CCCN1C.CCCC. The molecule has 0 amide bonds. The average molecular weight is 276 g/mol. The second-order valence-electron chi connectivity index (χ2n) is 3.75. The Hall–Kier alpha value is -0.370. The van der Waals surface area contributed by atoms with E-state index < -0.39 is 0 Å². The van der Waals surface area contributed by atoms with Gasteiger partial charge < -0.3 is 0 Å². The van der Waals surface area contributed by atoms with Crippen LogP contribution in [-0.4, -0.2) is 30.3 Å². The fourth-order valence-corrected chi connectivity index (χ4v) is 1.42. The molecular weight excluding hydrogens is 234 g/mol. The van der Waals surface area contributed by atoms with E-state index in [4.69, 9.17) is 0 Å². The highest BCUT2D eigenvalue weighted by Crippen LogP contribution is 2.14. The predicted molar refractivity (Wildman–Crippen MR) is 91.0 cm³/mol. The Morgan fingerprint density at radius 3 is 1.47 bits per heavy atom. The first kappa shape index (κ1) is 27.1. The standard InChI is InChI=1S/C7H13NO.C4H10.3C2H6/c1-6(9)7-4-3-5-8(7)2;1-3-4-2;3*1-2/h7H,3-5H2,1-2H3;3-4H2,1-2H3;3*1-2H3. The maximum atomic E-state index is 10.8. The van der Waals surface area contributed by atoms with E-state index in [1.54, 1.807) is 6.92 Å². The van der Waals surface area contributed by atoms with Crippen molar-refractivity contribution >= 4 is 5.78 Å². The molecule has 0 aromatic rings. The highest BCUT2D eigenvalue weighted by molar-refractivity contribution is 5.81. The lowest BCUT2D eigenvalue weighted by molar-refractivity contribution is -0.120. The number of hydrogen-bond donors (Lipinski definition) is 0. The molecule has 1 saturated heterocycles. The second kappa shape index (κ2) is 26.2. The fourth-order valence-electron chi connectivity index (χ4n) is 1.42. The number of ketones is 1. The lowest BCUT2D eigenvalue weighted by atomic mass is 10.1. The van der Waals surface area contributed by atoms with Crippen LogP contribution in [-0.2, 0) is 4.79 Å². The van der Waals surface area contributed by atoms with Crippen molar-refractivity contribution in [3.63, 3.8) is 0 Å². The van der Waals surface area contributed by atoms with E-state index >= 15 is 0 Å². The summed E-state index contributed by atoms with van der Waals surface area (Å²) in [6.07, 6.45) is 4.88. The van der Waals surface area contributed by atoms with Crippen LogP contribution in [0.5, 0.6) is 0 Å². The van der Waals surface area contributed by atoms with E-state index in [1.165, 1.54) is 19.3 Å². The Balaban J connectivity index is -0.0000000957. The molecule has 2 heteroatoms. The number of likely N-dealkylation sites (tertiary alicyclic amines) is 1. The van der Waals surface area contributed by atoms with E-state index in [-0.39, 0.29) is 6.04 Å². The first-order valence-electron chi connectivity index (χ1n) is 8.34. The molecular formula is C17H41NO. The molecule has 1 aliphatic rings. The molecule has 0 N–H and O–H groups in total. The lowest BCUT2D eigenvalue weighted by Crippen LogP contribution is -2.30. The van der Waals surface area contributed by atoms with Crippen molar-refractivity contribution in [3.05, 3.63) is 0 Å². The quantitative estimate of drug-likeness (QED) is 0.658. The van der Waals surface area contributed by atoms with E-state index in [0.29, 0.717) is 5.78 Å². The summed E-state index contributed by atoms with van der Waals surface area (Å²) in [5, 5.41) is 0. The van der Waals surface area contributed by atoms with Crippen LogP contribution < -0.4 is 0 Å². The first-order chi connectivity index (χ1) is 9.13. The van der Waals surface area contributed by atoms with E-state index in [9.17, 15) is 4.79 Å². The van der Waals surface area contributed by atoms with Gasteiger partial charge in [0.15, 0.2) is 0 Å². The molecule has 2 nitrogen and oxygen atoms in total. The summed E-state index contributed by atoms with van der Waals surface area (Å²) in [6.45, 7) is 19.1. The summed E-state index contributed by atoms with van der Waals surface area (Å²) in [7, 11) is 2.01. The Morgan fingerprint density at radius 2 is 1.37 bits per heavy atom. The van der Waals surface area contributed by atoms with Gasteiger partial charge in [-0.25, -0.2) is 0 Å². The zero-order chi connectivity index (χ0) is 16.3. The largest absolute Gasteiger partial charge is 0.298 e. The summed E-state index contributed by atoms with van der Waals surface area (Å²) < 4.78 is 0. The number of Topliss-reactive ketones (excluding diaryl/α,β-unsaturated/α-hetero) is 1. The minimum atomic E-state index is 0.227. The number of carbonyl (C=O) groups excluding carboxylic acids is 1. The maximum Gasteiger partial charge on any atom is 0.146 e. The molecule has 0 aromatic heterocycles. The predicted octanol–water partition coefficient (Wildman–Crippen LogP) is 5.55. The molecule has 0 aromatic carbocycles. The van der Waals surface area contributed by atoms with Gasteiger partial charge in [-0.2, -0.15) is 0 Å². The van der Waals surface area contributed by atoms with E-state index in [2.05, 4.69) is 18.7 Å². The average Bonchev–Trinajstić information content (AvgIpc) is 2.92. The topological polar surface area (TPSA) is 20.3 Å². The van der Waals surface area contributed by atoms with E-state index in [0.717, 1.165) is 13.0 Å². The monoisotopic (exact) mass is 275 g/mol. The molecule has 0 radical (unpaired) electrons. The van der Waals surface area contributed by atoms with Crippen LogP contribution in [0, 0.1) is 0 Å². The maximum absolute atomic E-state index is 10.8. The third-order valence-corrected chi connectivity index (χ3v) is 2.49. The van der Waals surface area contributed by atoms with Crippen molar-refractivity contribution in [2.24, 2.45) is 0 Å². The molecule has 19 heavy (non-hydrogen) atoms. The molecule has 1 heterocycles. The third kappa shape index (κ3) is 20.1. The molecule has 1 aliphatic heterocycles. The molecule has 1 fully saturated rings. The normalized spacial score (nSPS) is 16.2. The van der Waals surface area contributed by atoms with E-state index in [1.807, 2.05) is 48.6 Å². The van der Waals surface area contributed by atoms with Crippen LogP contribution >= 0.6 is 0 Å². The van der Waals surface area contributed by atoms with Gasteiger partial charge in [0.1, 0.15) is 5.78 Å². The molecule has 0 bridgehead atoms. The van der Waals surface area contributed by atoms with Crippen molar-refractivity contribution in [3.8, 4) is 0 Å². The number of nitrogens with zero attached hydrogens (tertiary/aromatic N) is 1. The van der Waals surface area contributed by atoms with Crippen molar-refractivity contribution in [1.29, 1.82) is 0 Å². The molecule has 1 atom stereocenters. The Kier molecular flexibility index (Phi) is 37.4. The van der Waals surface area contributed by atoms with Gasteiger partial charge in [-0.3, -0.25) is 9.69 Å². The Labute approximate surface area is 124 Å². The zero-order valence-corrected chi connectivity index (χ0v) is 15.5. The third-order valence-electron chi connectivity index (χ3n) is 2.49. The van der Waals surface area contributed by atoms with Crippen LogP contribution in [0.4, 0.5) is 0 Å². The number of unbranched alkanes of at least 4 members (excludes halogenated alkanes) is 1. The van der Waals surface area contributed by atoms with Gasteiger partial charge in [-0.1, -0.05) is 68.2 Å². The van der Waals surface area contributed by atoms with Gasteiger partial charge in [0.2, 0.25) is 0 Å². The molecule has 120 valence electrons. The van der Waals surface area contributed by atoms with Crippen molar-refractivity contribution in [1.82, 2.24) is 4.90 Å². The smallest absolute Gasteiger partial charge is 0.146 e. The summed E-state index contributed by atoms with van der Waals surface area (Å²) in [6, 6.07) is 0.227. The fraction of sp³-hybridized carbons (Fsp3) is 0.941. The first-order valence-corrected chi connectivity index (χ1v) is 8.34.